The Morgan fingerprint density at radius 1 is 0.970 bits per heavy atom. The predicted octanol–water partition coefficient (Wildman–Crippen LogP) is 4.02. The molecular weight excluding hydrogens is 412 g/mol. The van der Waals surface area contributed by atoms with E-state index >= 15 is 0 Å². The Morgan fingerprint density at radius 2 is 1.67 bits per heavy atom. The molecule has 1 aliphatic heterocycles. The third kappa shape index (κ3) is 5.21. The molecule has 0 spiro atoms. The molecule has 6 N–H and O–H groups in total. The number of nitrogens with two attached hydrogens (primary N) is 2. The predicted molar refractivity (Wildman–Crippen MR) is 136 cm³/mol. The van der Waals surface area contributed by atoms with Crippen molar-refractivity contribution in [1.82, 2.24) is 4.90 Å². The van der Waals surface area contributed by atoms with Crippen LogP contribution in [0.25, 0.3) is 10.8 Å². The van der Waals surface area contributed by atoms with Gasteiger partial charge in [-0.25, -0.2) is 4.99 Å². The van der Waals surface area contributed by atoms with Gasteiger partial charge in [0.15, 0.2) is 5.84 Å². The van der Waals surface area contributed by atoms with Crippen LogP contribution in [0.15, 0.2) is 59.6 Å². The highest BCUT2D eigenvalue weighted by molar-refractivity contribution is 6.16. The molecule has 1 aliphatic rings. The van der Waals surface area contributed by atoms with E-state index < -0.39 is 0 Å². The molecule has 0 saturated carbocycles. The Bertz CT molecular complexity index is 1230. The van der Waals surface area contributed by atoms with Crippen molar-refractivity contribution < 1.29 is 4.74 Å². The van der Waals surface area contributed by atoms with Crippen molar-refractivity contribution in [3.05, 3.63) is 71.3 Å². The van der Waals surface area contributed by atoms with Crippen LogP contribution in [0.1, 0.15) is 36.5 Å². The minimum absolute atomic E-state index is 0.0720. The summed E-state index contributed by atoms with van der Waals surface area (Å²) in [6.07, 6.45) is 2.35. The molecule has 170 valence electrons. The van der Waals surface area contributed by atoms with Gasteiger partial charge < -0.3 is 16.2 Å². The number of anilines is 1. The highest BCUT2D eigenvalue weighted by atomic mass is 16.5. The summed E-state index contributed by atoms with van der Waals surface area (Å²) < 4.78 is 5.58. The largest absolute Gasteiger partial charge is 0.494 e. The number of hydrogen-bond acceptors (Lipinski definition) is 5. The fourth-order valence-electron chi connectivity index (χ4n) is 4.12. The SMILES string of the molecule is CCOc1ccc2cc(C(=N)c3cc(C(=N)N=C(N)CN4CCCC4)ccc3N)ccc2c1. The number of amidine groups is 2. The van der Waals surface area contributed by atoms with Gasteiger partial charge in [-0.3, -0.25) is 15.7 Å². The number of aliphatic imine (C=N–C) groups is 1. The molecule has 4 rings (SSSR count). The molecule has 1 saturated heterocycles. The zero-order chi connectivity index (χ0) is 23.4. The van der Waals surface area contributed by atoms with Gasteiger partial charge in [0.2, 0.25) is 0 Å². The van der Waals surface area contributed by atoms with E-state index in [4.69, 9.17) is 27.0 Å². The van der Waals surface area contributed by atoms with Crippen LogP contribution < -0.4 is 16.2 Å². The van der Waals surface area contributed by atoms with Crippen LogP contribution in [0.2, 0.25) is 0 Å². The minimum Gasteiger partial charge on any atom is -0.494 e. The molecule has 0 amide bonds. The molecule has 0 aromatic heterocycles. The van der Waals surface area contributed by atoms with E-state index in [-0.39, 0.29) is 5.84 Å². The van der Waals surface area contributed by atoms with Crippen molar-refractivity contribution in [2.75, 3.05) is 32.0 Å². The number of likely N-dealkylation sites (tertiary alicyclic amines) is 1. The van der Waals surface area contributed by atoms with Crippen LogP contribution in [-0.4, -0.2) is 48.5 Å². The van der Waals surface area contributed by atoms with Crippen molar-refractivity contribution in [3.8, 4) is 5.75 Å². The smallest absolute Gasteiger partial charge is 0.153 e. The molecule has 33 heavy (non-hydrogen) atoms. The fourth-order valence-corrected chi connectivity index (χ4v) is 4.12. The van der Waals surface area contributed by atoms with E-state index in [0.717, 1.165) is 35.2 Å². The maximum Gasteiger partial charge on any atom is 0.153 e. The molecule has 0 bridgehead atoms. The Morgan fingerprint density at radius 3 is 2.42 bits per heavy atom. The topological polar surface area (TPSA) is 125 Å². The van der Waals surface area contributed by atoms with Crippen LogP contribution in [0.4, 0.5) is 5.69 Å². The molecule has 3 aromatic rings. The van der Waals surface area contributed by atoms with E-state index in [1.807, 2.05) is 43.3 Å². The Balaban J connectivity index is 1.57. The van der Waals surface area contributed by atoms with Crippen LogP contribution in [0, 0.1) is 10.8 Å². The molecule has 0 aliphatic carbocycles. The van der Waals surface area contributed by atoms with E-state index in [1.165, 1.54) is 12.8 Å². The van der Waals surface area contributed by atoms with E-state index in [9.17, 15) is 0 Å². The number of hydrogen-bond donors (Lipinski definition) is 4. The molecule has 0 atom stereocenters. The van der Waals surface area contributed by atoms with Crippen LogP contribution in [0.3, 0.4) is 0 Å². The Kier molecular flexibility index (Phi) is 6.70. The van der Waals surface area contributed by atoms with Gasteiger partial charge in [-0.1, -0.05) is 18.2 Å². The normalized spacial score (nSPS) is 14.5. The first-order valence-corrected chi connectivity index (χ1v) is 11.2. The monoisotopic (exact) mass is 442 g/mol. The van der Waals surface area contributed by atoms with Crippen LogP contribution in [-0.2, 0) is 0 Å². The summed E-state index contributed by atoms with van der Waals surface area (Å²) in [5.41, 5.74) is 15.0. The van der Waals surface area contributed by atoms with Crippen molar-refractivity contribution in [2.45, 2.75) is 19.8 Å². The minimum atomic E-state index is 0.0720. The number of nitrogen functional groups attached to an aromatic ring is 1. The number of nitrogens with zero attached hydrogens (tertiary/aromatic N) is 2. The van der Waals surface area contributed by atoms with Gasteiger partial charge in [0.05, 0.1) is 18.9 Å². The van der Waals surface area contributed by atoms with E-state index in [0.29, 0.717) is 41.5 Å². The van der Waals surface area contributed by atoms with Crippen molar-refractivity contribution >= 4 is 33.8 Å². The van der Waals surface area contributed by atoms with Gasteiger partial charge >= 0.3 is 0 Å². The van der Waals surface area contributed by atoms with Crippen LogP contribution in [0.5, 0.6) is 5.75 Å². The summed E-state index contributed by atoms with van der Waals surface area (Å²) in [5.74, 6) is 1.33. The maximum atomic E-state index is 8.78. The summed E-state index contributed by atoms with van der Waals surface area (Å²) in [4.78, 5) is 6.53. The second-order valence-corrected chi connectivity index (χ2v) is 8.27. The number of nitrogens with one attached hydrogen (secondary N) is 2. The zero-order valence-electron chi connectivity index (χ0n) is 18.9. The average Bonchev–Trinajstić information content (AvgIpc) is 3.31. The molecule has 0 unspecified atom stereocenters. The van der Waals surface area contributed by atoms with Crippen molar-refractivity contribution in [2.24, 2.45) is 10.7 Å². The molecular formula is C26H30N6O. The number of fused-ring (bicyclic) bond motifs is 1. The molecule has 0 radical (unpaired) electrons. The lowest BCUT2D eigenvalue weighted by Crippen LogP contribution is -2.32. The fraction of sp³-hybridized carbons (Fsp3) is 0.269. The van der Waals surface area contributed by atoms with E-state index in [2.05, 4.69) is 9.89 Å². The molecule has 1 heterocycles. The lowest BCUT2D eigenvalue weighted by Gasteiger charge is -2.14. The first-order chi connectivity index (χ1) is 15.9. The zero-order valence-corrected chi connectivity index (χ0v) is 18.9. The summed E-state index contributed by atoms with van der Waals surface area (Å²) in [7, 11) is 0. The lowest BCUT2D eigenvalue weighted by molar-refractivity contribution is 0.341. The molecule has 1 fully saturated rings. The van der Waals surface area contributed by atoms with Gasteiger partial charge in [-0.2, -0.15) is 0 Å². The van der Waals surface area contributed by atoms with Gasteiger partial charge in [0.1, 0.15) is 11.6 Å². The van der Waals surface area contributed by atoms with Gasteiger partial charge in [0, 0.05) is 22.4 Å². The van der Waals surface area contributed by atoms with Crippen LogP contribution >= 0.6 is 0 Å². The number of rotatable bonds is 7. The highest BCUT2D eigenvalue weighted by Gasteiger charge is 2.15. The third-order valence-electron chi connectivity index (χ3n) is 5.85. The highest BCUT2D eigenvalue weighted by Crippen LogP contribution is 2.25. The molecule has 7 nitrogen and oxygen atoms in total. The van der Waals surface area contributed by atoms with Gasteiger partial charge in [0.25, 0.3) is 0 Å². The quantitative estimate of drug-likeness (QED) is 0.251. The van der Waals surface area contributed by atoms with Crippen molar-refractivity contribution in [3.63, 3.8) is 0 Å². The summed E-state index contributed by atoms with van der Waals surface area (Å²) in [6.45, 7) is 5.19. The van der Waals surface area contributed by atoms with Crippen molar-refractivity contribution in [1.29, 1.82) is 10.8 Å². The Hall–Kier alpha value is -3.71. The summed E-state index contributed by atoms with van der Waals surface area (Å²) >= 11 is 0. The van der Waals surface area contributed by atoms with E-state index in [1.54, 1.807) is 18.2 Å². The first kappa shape index (κ1) is 22.5. The maximum absolute atomic E-state index is 8.78. The molecule has 7 heteroatoms. The third-order valence-corrected chi connectivity index (χ3v) is 5.85. The second-order valence-electron chi connectivity index (χ2n) is 8.27. The number of ether oxygens (including phenoxy) is 1. The Labute approximate surface area is 194 Å². The summed E-state index contributed by atoms with van der Waals surface area (Å²) in [5, 5.41) is 19.2. The lowest BCUT2D eigenvalue weighted by atomic mass is 9.96. The van der Waals surface area contributed by atoms with Gasteiger partial charge in [-0.15, -0.1) is 0 Å². The average molecular weight is 443 g/mol. The summed E-state index contributed by atoms with van der Waals surface area (Å²) in [6, 6.07) is 17.0. The second kappa shape index (κ2) is 9.83. The number of benzene rings is 3. The van der Waals surface area contributed by atoms with Gasteiger partial charge in [-0.05, 0) is 80.0 Å². The molecule has 3 aromatic carbocycles. The first-order valence-electron chi connectivity index (χ1n) is 11.2. The standard InChI is InChI=1S/C26H30N6O/c1-2-33-21-9-7-17-13-19(6-5-18(17)14-21)25(29)22-15-20(8-10-23(22)27)26(30)31-24(28)16-32-11-3-4-12-32/h5-10,13-15,29H,2-4,11-12,16,27H2,1H3,(H3,28,30,31).